The SMILES string of the molecule is C[n+]1ccc(-c2c3nc(c(-c4cc[n+](C)cc4)c4ccc(s4)c(-c4ccc5c(ccc[n+]5C)c4)c4nc(c(-c5ccc6c(ccc[n+]6C)c5)c5ccc2[nH]5)C=C4)C=C3)cc1. The second-order valence-corrected chi connectivity index (χ2v) is 16.8. The maximum Gasteiger partial charge on any atom is 0.212 e. The number of hydrogen-bond acceptors (Lipinski definition) is 3. The topological polar surface area (TPSA) is 57.1 Å². The first-order valence-corrected chi connectivity index (χ1v) is 20.9. The lowest BCUT2D eigenvalue weighted by Gasteiger charge is -2.07. The number of aryl methyl sites for hydroxylation is 4. The van der Waals surface area contributed by atoms with Crippen LogP contribution in [0.2, 0.25) is 0 Å². The van der Waals surface area contributed by atoms with Gasteiger partial charge in [-0.25, -0.2) is 28.2 Å². The third-order valence-corrected chi connectivity index (χ3v) is 12.8. The van der Waals surface area contributed by atoms with Crippen molar-refractivity contribution in [2.24, 2.45) is 28.2 Å². The molecular weight excluding hydrogens is 755 g/mol. The van der Waals surface area contributed by atoms with E-state index in [1.807, 2.05) is 7.05 Å². The molecule has 0 spiro atoms. The van der Waals surface area contributed by atoms with E-state index in [4.69, 9.17) is 9.97 Å². The maximum atomic E-state index is 5.57. The minimum atomic E-state index is 0.901. The van der Waals surface area contributed by atoms with Crippen LogP contribution in [0.15, 0.2) is 146 Å². The average molecular weight is 796 g/mol. The van der Waals surface area contributed by atoms with Crippen molar-refractivity contribution in [3.63, 3.8) is 0 Å². The number of benzene rings is 2. The van der Waals surface area contributed by atoms with Crippen LogP contribution in [0.4, 0.5) is 0 Å². The van der Waals surface area contributed by atoms with Gasteiger partial charge in [-0.15, -0.1) is 11.3 Å². The van der Waals surface area contributed by atoms with Crippen molar-refractivity contribution >= 4 is 77.9 Å². The first kappa shape index (κ1) is 35.7. The molecule has 2 aliphatic rings. The Labute approximate surface area is 351 Å². The number of thiophene rings is 1. The summed E-state index contributed by atoms with van der Waals surface area (Å²) in [5, 5.41) is 2.34. The van der Waals surface area contributed by atoms with Crippen molar-refractivity contribution < 1.29 is 18.3 Å². The highest BCUT2D eigenvalue weighted by atomic mass is 32.1. The number of nitrogens with one attached hydrogen (secondary N) is 1. The summed E-state index contributed by atoms with van der Waals surface area (Å²) in [6.07, 6.45) is 21.3. The zero-order valence-electron chi connectivity index (χ0n) is 33.8. The number of aromatic nitrogens is 7. The molecule has 8 bridgehead atoms. The van der Waals surface area contributed by atoms with Gasteiger partial charge >= 0.3 is 0 Å². The normalized spacial score (nSPS) is 12.2. The van der Waals surface area contributed by atoms with Gasteiger partial charge < -0.3 is 4.98 Å². The molecule has 9 aromatic rings. The number of rotatable bonds is 4. The summed E-state index contributed by atoms with van der Waals surface area (Å²) in [5.41, 5.74) is 16.6. The number of pyridine rings is 4. The van der Waals surface area contributed by atoms with Crippen LogP contribution in [0.25, 0.3) is 111 Å². The number of nitrogens with zero attached hydrogens (tertiary/aromatic N) is 6. The Balaban J connectivity index is 1.30. The molecule has 2 aromatic carbocycles. The Morgan fingerprint density at radius 3 is 1.33 bits per heavy atom. The van der Waals surface area contributed by atoms with Gasteiger partial charge in [-0.2, -0.15) is 0 Å². The zero-order chi connectivity index (χ0) is 40.5. The fourth-order valence-electron chi connectivity index (χ4n) is 8.67. The Hall–Kier alpha value is -7.42. The molecule has 7 aromatic heterocycles. The van der Waals surface area contributed by atoms with E-state index >= 15 is 0 Å². The summed E-state index contributed by atoms with van der Waals surface area (Å²) in [6, 6.07) is 39.7. The van der Waals surface area contributed by atoms with Gasteiger partial charge in [0.05, 0.1) is 22.8 Å². The molecule has 0 atom stereocenters. The molecular formula is C52H41N7S+4. The number of aromatic amines is 1. The van der Waals surface area contributed by atoms with E-state index in [0.717, 1.165) is 93.1 Å². The van der Waals surface area contributed by atoms with Gasteiger partial charge in [0.25, 0.3) is 0 Å². The first-order valence-electron chi connectivity index (χ1n) is 20.1. The smallest absolute Gasteiger partial charge is 0.212 e. The van der Waals surface area contributed by atoms with E-state index < -0.39 is 0 Å². The molecule has 7 nitrogen and oxygen atoms in total. The van der Waals surface area contributed by atoms with Crippen LogP contribution < -0.4 is 18.3 Å². The standard InChI is InChI=1S/C52H40N7S/c1-56-27-21-33(22-28-56)49-39-11-12-41(53-39)50(37-9-17-45-35(31-37)7-5-25-58(45)3)42-14-16-44(55-42)52(38-10-18-46-36(32-38)8-6-26-59(46)4)48-20-19-47(60-48)51(43-15-13-40(49)54-43)34-23-29-57(2)30-24-34/h5-32H,1-4H3/q+3/p+1. The van der Waals surface area contributed by atoms with E-state index in [9.17, 15) is 0 Å². The summed E-state index contributed by atoms with van der Waals surface area (Å²) < 4.78 is 10.7. The van der Waals surface area contributed by atoms with E-state index in [-0.39, 0.29) is 0 Å². The molecule has 11 rings (SSSR count). The van der Waals surface area contributed by atoms with Gasteiger partial charge in [0.15, 0.2) is 37.2 Å². The van der Waals surface area contributed by atoms with Gasteiger partial charge in [-0.3, -0.25) is 0 Å². The van der Waals surface area contributed by atoms with Crippen molar-refractivity contribution in [2.75, 3.05) is 0 Å². The van der Waals surface area contributed by atoms with Gasteiger partial charge in [-0.1, -0.05) is 0 Å². The van der Waals surface area contributed by atoms with E-state index in [1.165, 1.54) is 16.4 Å². The van der Waals surface area contributed by atoms with E-state index in [0.29, 0.717) is 0 Å². The fourth-order valence-corrected chi connectivity index (χ4v) is 9.83. The largest absolute Gasteiger partial charge is 0.354 e. The van der Waals surface area contributed by atoms with E-state index in [2.05, 4.69) is 215 Å². The Morgan fingerprint density at radius 2 is 0.833 bits per heavy atom. The Bertz CT molecular complexity index is 3240. The highest BCUT2D eigenvalue weighted by Crippen LogP contribution is 2.41. The highest BCUT2D eigenvalue weighted by molar-refractivity contribution is 7.24. The molecule has 8 heteroatoms. The highest BCUT2D eigenvalue weighted by Gasteiger charge is 2.21. The minimum absolute atomic E-state index is 0.901. The van der Waals surface area contributed by atoms with Crippen LogP contribution in [0, 0.1) is 0 Å². The van der Waals surface area contributed by atoms with Crippen molar-refractivity contribution in [3.05, 3.63) is 169 Å². The fraction of sp³-hybridized carbons (Fsp3) is 0.0769. The molecule has 9 heterocycles. The molecule has 60 heavy (non-hydrogen) atoms. The monoisotopic (exact) mass is 795 g/mol. The van der Waals surface area contributed by atoms with Gasteiger partial charge in [0, 0.05) is 102 Å². The molecule has 0 saturated heterocycles. The third-order valence-electron chi connectivity index (χ3n) is 11.7. The van der Waals surface area contributed by atoms with Crippen LogP contribution in [0.1, 0.15) is 22.8 Å². The average Bonchev–Trinajstić information content (AvgIpc) is 4.11. The van der Waals surface area contributed by atoms with Crippen LogP contribution in [-0.2, 0) is 28.2 Å². The number of fused-ring (bicyclic) bond motifs is 10. The molecule has 0 fully saturated rings. The van der Waals surface area contributed by atoms with Gasteiger partial charge in [0.1, 0.15) is 28.2 Å². The number of hydrogen-bond donors (Lipinski definition) is 1. The summed E-state index contributed by atoms with van der Waals surface area (Å²) in [7, 11) is 8.29. The molecule has 0 radical (unpaired) electrons. The van der Waals surface area contributed by atoms with Crippen molar-refractivity contribution in [1.82, 2.24) is 15.0 Å². The lowest BCUT2D eigenvalue weighted by Crippen LogP contribution is -2.27. The minimum Gasteiger partial charge on any atom is -0.354 e. The van der Waals surface area contributed by atoms with Crippen LogP contribution in [-0.4, -0.2) is 15.0 Å². The zero-order valence-corrected chi connectivity index (χ0v) is 34.6. The molecule has 286 valence electrons. The van der Waals surface area contributed by atoms with Crippen LogP contribution in [0.3, 0.4) is 0 Å². The quantitative estimate of drug-likeness (QED) is 0.181. The third kappa shape index (κ3) is 6.12. The molecule has 0 saturated carbocycles. The molecule has 0 unspecified atom stereocenters. The maximum absolute atomic E-state index is 5.57. The van der Waals surface area contributed by atoms with Crippen LogP contribution >= 0.6 is 11.3 Å². The molecule has 0 amide bonds. The van der Waals surface area contributed by atoms with Crippen molar-refractivity contribution in [3.8, 4) is 44.5 Å². The Morgan fingerprint density at radius 1 is 0.417 bits per heavy atom. The predicted molar refractivity (Wildman–Crippen MR) is 244 cm³/mol. The second kappa shape index (κ2) is 14.1. The summed E-state index contributed by atoms with van der Waals surface area (Å²) in [5.74, 6) is 0. The van der Waals surface area contributed by atoms with Gasteiger partial charge in [0.2, 0.25) is 11.0 Å². The Kier molecular flexibility index (Phi) is 8.42. The predicted octanol–water partition coefficient (Wildman–Crippen LogP) is 9.66. The lowest BCUT2D eigenvalue weighted by atomic mass is 10.0. The first-order chi connectivity index (χ1) is 29.3. The van der Waals surface area contributed by atoms with Crippen molar-refractivity contribution in [1.29, 1.82) is 0 Å². The second-order valence-electron chi connectivity index (χ2n) is 15.7. The summed E-state index contributed by atoms with van der Waals surface area (Å²) in [4.78, 5) is 15.0. The molecule has 2 aliphatic heterocycles. The van der Waals surface area contributed by atoms with Gasteiger partial charge in [-0.05, 0) is 107 Å². The lowest BCUT2D eigenvalue weighted by molar-refractivity contribution is -0.671. The summed E-state index contributed by atoms with van der Waals surface area (Å²) >= 11 is 1.79. The summed E-state index contributed by atoms with van der Waals surface area (Å²) in [6.45, 7) is 0. The number of H-pyrrole nitrogens is 1. The van der Waals surface area contributed by atoms with E-state index in [1.54, 1.807) is 11.3 Å². The van der Waals surface area contributed by atoms with Crippen LogP contribution in [0.5, 0.6) is 0 Å². The van der Waals surface area contributed by atoms with Crippen molar-refractivity contribution in [2.45, 2.75) is 0 Å². The molecule has 1 N–H and O–H groups in total. The molecule has 0 aliphatic carbocycles.